The standard InChI is InChI=1S/C17H29N3O2S2.HI/c1-17(2,10-13-24(4,21)22)14-20-16(18-3)19-11-12-23-15-8-6-5-7-9-15;/h5-9H,10-14H2,1-4H3,(H2,18,19,20);1H. The minimum Gasteiger partial charge on any atom is -0.356 e. The zero-order valence-corrected chi connectivity index (χ0v) is 19.4. The van der Waals surface area contributed by atoms with E-state index in [-0.39, 0.29) is 35.1 Å². The van der Waals surface area contributed by atoms with Crippen molar-refractivity contribution in [3.63, 3.8) is 0 Å². The molecule has 8 heteroatoms. The number of hydrogen-bond acceptors (Lipinski definition) is 4. The summed E-state index contributed by atoms with van der Waals surface area (Å²) in [4.78, 5) is 5.47. The van der Waals surface area contributed by atoms with Crippen molar-refractivity contribution in [3.05, 3.63) is 30.3 Å². The molecule has 0 bridgehead atoms. The number of halogens is 1. The van der Waals surface area contributed by atoms with Gasteiger partial charge in [0.15, 0.2) is 5.96 Å². The quantitative estimate of drug-likeness (QED) is 0.180. The van der Waals surface area contributed by atoms with Gasteiger partial charge in [0.2, 0.25) is 0 Å². The van der Waals surface area contributed by atoms with Gasteiger partial charge in [0, 0.05) is 37.0 Å². The number of thioether (sulfide) groups is 1. The first-order chi connectivity index (χ1) is 11.2. The van der Waals surface area contributed by atoms with E-state index in [1.807, 2.05) is 18.2 Å². The molecule has 0 amide bonds. The fourth-order valence-corrected chi connectivity index (χ4v) is 3.66. The summed E-state index contributed by atoms with van der Waals surface area (Å²) < 4.78 is 22.6. The predicted molar refractivity (Wildman–Crippen MR) is 120 cm³/mol. The number of rotatable bonds is 9. The molecule has 0 saturated heterocycles. The van der Waals surface area contributed by atoms with Crippen molar-refractivity contribution in [2.24, 2.45) is 10.4 Å². The van der Waals surface area contributed by atoms with Gasteiger partial charge in [0.05, 0.1) is 5.75 Å². The molecule has 0 saturated carbocycles. The van der Waals surface area contributed by atoms with Gasteiger partial charge in [0.25, 0.3) is 0 Å². The summed E-state index contributed by atoms with van der Waals surface area (Å²) in [6.07, 6.45) is 1.90. The maximum absolute atomic E-state index is 11.3. The van der Waals surface area contributed by atoms with Crippen molar-refractivity contribution >= 4 is 51.5 Å². The molecule has 0 aliphatic rings. The normalized spacial score (nSPS) is 12.4. The molecule has 0 spiro atoms. The van der Waals surface area contributed by atoms with Crippen molar-refractivity contribution in [1.82, 2.24) is 10.6 Å². The third kappa shape index (κ3) is 12.5. The molecule has 25 heavy (non-hydrogen) atoms. The van der Waals surface area contributed by atoms with E-state index in [9.17, 15) is 8.42 Å². The van der Waals surface area contributed by atoms with Crippen LogP contribution in [-0.4, -0.2) is 52.3 Å². The van der Waals surface area contributed by atoms with Crippen LogP contribution >= 0.6 is 35.7 Å². The van der Waals surface area contributed by atoms with Crippen molar-refractivity contribution < 1.29 is 8.42 Å². The summed E-state index contributed by atoms with van der Waals surface area (Å²) >= 11 is 1.80. The molecule has 1 aromatic carbocycles. The fourth-order valence-electron chi connectivity index (χ4n) is 1.95. The molecule has 0 fully saturated rings. The van der Waals surface area contributed by atoms with E-state index in [4.69, 9.17) is 0 Å². The van der Waals surface area contributed by atoms with Gasteiger partial charge in [-0.05, 0) is 24.0 Å². The van der Waals surface area contributed by atoms with Gasteiger partial charge < -0.3 is 10.6 Å². The zero-order chi connectivity index (χ0) is 18.1. The van der Waals surface area contributed by atoms with E-state index in [2.05, 4.69) is 41.6 Å². The van der Waals surface area contributed by atoms with Crippen LogP contribution in [0.15, 0.2) is 40.2 Å². The Bertz CT molecular complexity index is 620. The summed E-state index contributed by atoms with van der Waals surface area (Å²) in [5.74, 6) is 1.90. The Hall–Kier alpha value is -0.480. The van der Waals surface area contributed by atoms with Crippen LogP contribution in [0, 0.1) is 5.41 Å². The molecular formula is C17H30IN3O2S2. The Morgan fingerprint density at radius 3 is 2.40 bits per heavy atom. The highest BCUT2D eigenvalue weighted by atomic mass is 127. The molecule has 0 aliphatic carbocycles. The van der Waals surface area contributed by atoms with E-state index in [0.29, 0.717) is 13.0 Å². The third-order valence-electron chi connectivity index (χ3n) is 3.51. The summed E-state index contributed by atoms with van der Waals surface area (Å²) in [6, 6.07) is 10.3. The van der Waals surface area contributed by atoms with Crippen LogP contribution in [0.2, 0.25) is 0 Å². The average Bonchev–Trinajstić information content (AvgIpc) is 2.53. The predicted octanol–water partition coefficient (Wildman–Crippen LogP) is 3.02. The first kappa shape index (κ1) is 24.5. The van der Waals surface area contributed by atoms with Crippen molar-refractivity contribution in [2.75, 3.05) is 37.9 Å². The molecule has 0 atom stereocenters. The molecule has 0 radical (unpaired) electrons. The first-order valence-electron chi connectivity index (χ1n) is 8.02. The van der Waals surface area contributed by atoms with E-state index in [1.54, 1.807) is 18.8 Å². The van der Waals surface area contributed by atoms with Crippen molar-refractivity contribution in [2.45, 2.75) is 25.2 Å². The Morgan fingerprint density at radius 2 is 1.84 bits per heavy atom. The summed E-state index contributed by atoms with van der Waals surface area (Å²) in [6.45, 7) is 5.60. The highest BCUT2D eigenvalue weighted by Gasteiger charge is 2.20. The first-order valence-corrected chi connectivity index (χ1v) is 11.1. The highest BCUT2D eigenvalue weighted by Crippen LogP contribution is 2.19. The lowest BCUT2D eigenvalue weighted by molar-refractivity contribution is 0.348. The lowest BCUT2D eigenvalue weighted by atomic mass is 9.90. The SMILES string of the molecule is CN=C(NCCSc1ccccc1)NCC(C)(C)CCS(C)(=O)=O.I. The molecule has 0 unspecified atom stereocenters. The van der Waals surface area contributed by atoms with Gasteiger partial charge in [-0.1, -0.05) is 32.0 Å². The van der Waals surface area contributed by atoms with E-state index < -0.39 is 9.84 Å². The highest BCUT2D eigenvalue weighted by molar-refractivity contribution is 14.0. The minimum atomic E-state index is -2.92. The van der Waals surface area contributed by atoms with Gasteiger partial charge in [-0.25, -0.2) is 8.42 Å². The van der Waals surface area contributed by atoms with Crippen LogP contribution in [0.25, 0.3) is 0 Å². The van der Waals surface area contributed by atoms with Crippen molar-refractivity contribution in [3.8, 4) is 0 Å². The number of nitrogens with zero attached hydrogens (tertiary/aromatic N) is 1. The van der Waals surface area contributed by atoms with Crippen LogP contribution in [0.4, 0.5) is 0 Å². The van der Waals surface area contributed by atoms with E-state index in [1.165, 1.54) is 11.2 Å². The maximum Gasteiger partial charge on any atom is 0.191 e. The van der Waals surface area contributed by atoms with Gasteiger partial charge in [-0.3, -0.25) is 4.99 Å². The molecule has 144 valence electrons. The summed E-state index contributed by atoms with van der Waals surface area (Å²) in [5.41, 5.74) is -0.112. The second kappa shape index (κ2) is 12.0. The molecule has 1 rings (SSSR count). The largest absolute Gasteiger partial charge is 0.356 e. The zero-order valence-electron chi connectivity index (χ0n) is 15.4. The summed E-state index contributed by atoms with van der Waals surface area (Å²) in [5, 5.41) is 6.56. The lowest BCUT2D eigenvalue weighted by Gasteiger charge is -2.25. The van der Waals surface area contributed by atoms with Gasteiger partial charge in [-0.15, -0.1) is 35.7 Å². The van der Waals surface area contributed by atoms with E-state index >= 15 is 0 Å². The van der Waals surface area contributed by atoms with Crippen LogP contribution in [-0.2, 0) is 9.84 Å². The molecule has 0 aromatic heterocycles. The van der Waals surface area contributed by atoms with Crippen LogP contribution in [0.5, 0.6) is 0 Å². The molecule has 1 aromatic rings. The van der Waals surface area contributed by atoms with Gasteiger partial charge in [0.1, 0.15) is 9.84 Å². The molecule has 5 nitrogen and oxygen atoms in total. The molecule has 2 N–H and O–H groups in total. The van der Waals surface area contributed by atoms with Crippen LogP contribution in [0.3, 0.4) is 0 Å². The second-order valence-electron chi connectivity index (χ2n) is 6.56. The number of aliphatic imine (C=N–C) groups is 1. The molecule has 0 heterocycles. The Morgan fingerprint density at radius 1 is 1.20 bits per heavy atom. The number of hydrogen-bond donors (Lipinski definition) is 2. The van der Waals surface area contributed by atoms with Gasteiger partial charge in [-0.2, -0.15) is 0 Å². The fraction of sp³-hybridized carbons (Fsp3) is 0.588. The Kier molecular flexibility index (Phi) is 11.8. The number of guanidine groups is 1. The topological polar surface area (TPSA) is 70.6 Å². The Labute approximate surface area is 173 Å². The Balaban J connectivity index is 0.00000576. The number of sulfone groups is 1. The van der Waals surface area contributed by atoms with Gasteiger partial charge >= 0.3 is 0 Å². The molecule has 0 aliphatic heterocycles. The monoisotopic (exact) mass is 499 g/mol. The smallest absolute Gasteiger partial charge is 0.191 e. The number of nitrogens with one attached hydrogen (secondary N) is 2. The number of benzene rings is 1. The minimum absolute atomic E-state index is 0. The maximum atomic E-state index is 11.3. The second-order valence-corrected chi connectivity index (χ2v) is 9.99. The lowest BCUT2D eigenvalue weighted by Crippen LogP contribution is -2.43. The van der Waals surface area contributed by atoms with Crippen LogP contribution in [0.1, 0.15) is 20.3 Å². The third-order valence-corrected chi connectivity index (χ3v) is 5.47. The summed E-state index contributed by atoms with van der Waals surface area (Å²) in [7, 11) is -1.18. The van der Waals surface area contributed by atoms with Crippen molar-refractivity contribution in [1.29, 1.82) is 0 Å². The van der Waals surface area contributed by atoms with E-state index in [0.717, 1.165) is 18.3 Å². The van der Waals surface area contributed by atoms with Crippen LogP contribution < -0.4 is 10.6 Å². The molecular weight excluding hydrogens is 469 g/mol. The average molecular weight is 499 g/mol.